The molecule has 6 atom stereocenters. The van der Waals surface area contributed by atoms with Gasteiger partial charge in [0.2, 0.25) is 5.91 Å². The number of nitriles is 1. The highest BCUT2D eigenvalue weighted by Crippen LogP contribution is 2.48. The molecule has 1 aromatic carbocycles. The molecule has 4 N–H and O–H groups in total. The van der Waals surface area contributed by atoms with Crippen LogP contribution in [0.25, 0.3) is 0 Å². The second-order valence-corrected chi connectivity index (χ2v) is 10.6. The van der Waals surface area contributed by atoms with Gasteiger partial charge in [-0.05, 0) is 74.7 Å². The van der Waals surface area contributed by atoms with E-state index < -0.39 is 18.2 Å². The van der Waals surface area contributed by atoms with Crippen molar-refractivity contribution in [1.29, 1.82) is 5.26 Å². The fraction of sp³-hybridized carbons (Fsp3) is 0.600. The molecule has 0 radical (unpaired) electrons. The van der Waals surface area contributed by atoms with Crippen molar-refractivity contribution in [3.05, 3.63) is 24.3 Å². The molecule has 4 aliphatic rings. The predicted molar refractivity (Wildman–Crippen MR) is 135 cm³/mol. The lowest BCUT2D eigenvalue weighted by atomic mass is 9.84. The molecule has 3 saturated heterocycles. The van der Waals surface area contributed by atoms with Gasteiger partial charge in [-0.25, -0.2) is 4.79 Å². The Balaban J connectivity index is 0.000000426. The molecule has 1 aliphatic carbocycles. The van der Waals surface area contributed by atoms with Crippen LogP contribution in [0.5, 0.6) is 5.75 Å². The summed E-state index contributed by atoms with van der Waals surface area (Å²) in [5, 5.41) is 20.6. The van der Waals surface area contributed by atoms with Crippen LogP contribution < -0.4 is 15.8 Å². The van der Waals surface area contributed by atoms with Gasteiger partial charge in [0.1, 0.15) is 11.8 Å². The van der Waals surface area contributed by atoms with Crippen molar-refractivity contribution in [3.63, 3.8) is 0 Å². The van der Waals surface area contributed by atoms with Gasteiger partial charge < -0.3 is 30.7 Å². The summed E-state index contributed by atoms with van der Waals surface area (Å²) in [6, 6.07) is 10.1. The number of nitrogens with two attached hydrogens (primary N) is 1. The number of alkyl halides is 3. The molecular formula is C25H30F3N5O4S. The number of hydrogen-bond donors (Lipinski definition) is 3. The Hall–Kier alpha value is -3.11. The number of rotatable bonds is 4. The van der Waals surface area contributed by atoms with Crippen molar-refractivity contribution < 1.29 is 32.6 Å². The Bertz CT molecular complexity index is 1110. The highest BCUT2D eigenvalue weighted by atomic mass is 32.1. The number of methoxy groups -OCH3 is 1. The first-order chi connectivity index (χ1) is 18.0. The molecule has 3 heterocycles. The van der Waals surface area contributed by atoms with Crippen LogP contribution in [0.3, 0.4) is 0 Å². The average Bonchev–Trinajstić information content (AvgIpc) is 3.46. The fourth-order valence-electron chi connectivity index (χ4n) is 6.03. The van der Waals surface area contributed by atoms with Gasteiger partial charge in [-0.15, -0.1) is 0 Å². The van der Waals surface area contributed by atoms with E-state index in [1.54, 1.807) is 12.0 Å². The summed E-state index contributed by atoms with van der Waals surface area (Å²) in [5.74, 6) is -1.38. The Morgan fingerprint density at radius 1 is 1.18 bits per heavy atom. The van der Waals surface area contributed by atoms with E-state index in [-0.39, 0.29) is 36.0 Å². The van der Waals surface area contributed by atoms with Crippen LogP contribution in [0.1, 0.15) is 38.5 Å². The Morgan fingerprint density at radius 2 is 1.79 bits per heavy atom. The van der Waals surface area contributed by atoms with Crippen molar-refractivity contribution >= 4 is 34.9 Å². The second kappa shape index (κ2) is 10.9. The van der Waals surface area contributed by atoms with E-state index in [0.717, 1.165) is 50.0 Å². The molecule has 13 heteroatoms. The smallest absolute Gasteiger partial charge is 0.490 e. The monoisotopic (exact) mass is 553 g/mol. The lowest BCUT2D eigenvalue weighted by Crippen LogP contribution is -2.56. The zero-order chi connectivity index (χ0) is 27.8. The number of nitrogens with one attached hydrogen (secondary N) is 1. The number of nitrogens with zero attached hydrogens (tertiary/aromatic N) is 3. The van der Waals surface area contributed by atoms with Crippen LogP contribution in [-0.4, -0.2) is 75.4 Å². The number of hydrogen-bond acceptors (Lipinski definition) is 6. The number of aliphatic carboxylic acids is 1. The molecule has 0 spiro atoms. The van der Waals surface area contributed by atoms with Crippen molar-refractivity contribution in [2.75, 3.05) is 12.4 Å². The van der Waals surface area contributed by atoms with E-state index >= 15 is 0 Å². The Labute approximate surface area is 223 Å². The third-order valence-electron chi connectivity index (χ3n) is 7.90. The van der Waals surface area contributed by atoms with E-state index in [4.69, 9.17) is 32.6 Å². The molecule has 4 fully saturated rings. The van der Waals surface area contributed by atoms with Crippen LogP contribution in [0, 0.1) is 23.2 Å². The first kappa shape index (κ1) is 27.9. The number of likely N-dealkylation sites (tertiary alicyclic amines) is 1. The molecule has 2 bridgehead atoms. The molecule has 2 unspecified atom stereocenters. The first-order valence-electron chi connectivity index (χ1n) is 12.5. The largest absolute Gasteiger partial charge is 0.495 e. The number of thiocarbonyl (C=S) groups is 1. The van der Waals surface area contributed by atoms with Crippen molar-refractivity contribution in [1.82, 2.24) is 9.80 Å². The third-order valence-corrected chi connectivity index (χ3v) is 8.21. The number of anilines is 1. The topological polar surface area (TPSA) is 132 Å². The molecule has 3 aliphatic heterocycles. The minimum Gasteiger partial charge on any atom is -0.495 e. The lowest BCUT2D eigenvalue weighted by molar-refractivity contribution is -0.192. The van der Waals surface area contributed by atoms with Crippen LogP contribution in [0.4, 0.5) is 18.9 Å². The zero-order valence-corrected chi connectivity index (χ0v) is 21.5. The summed E-state index contributed by atoms with van der Waals surface area (Å²) in [4.78, 5) is 26.2. The number of piperidine rings is 2. The number of carboxylic acid groups (broad SMARTS) is 1. The molecule has 5 rings (SSSR count). The Morgan fingerprint density at radius 3 is 2.34 bits per heavy atom. The molecule has 38 heavy (non-hydrogen) atoms. The molecule has 206 valence electrons. The maximum Gasteiger partial charge on any atom is 0.490 e. The van der Waals surface area contributed by atoms with Gasteiger partial charge >= 0.3 is 12.1 Å². The van der Waals surface area contributed by atoms with Gasteiger partial charge in [0.15, 0.2) is 5.11 Å². The fourth-order valence-corrected chi connectivity index (χ4v) is 6.44. The number of fused-ring (bicyclic) bond motifs is 3. The van der Waals surface area contributed by atoms with Gasteiger partial charge in [-0.2, -0.15) is 18.4 Å². The molecular weight excluding hydrogens is 523 g/mol. The van der Waals surface area contributed by atoms with E-state index in [1.807, 2.05) is 24.3 Å². The molecule has 1 aromatic rings. The van der Waals surface area contributed by atoms with Gasteiger partial charge in [-0.3, -0.25) is 4.79 Å². The summed E-state index contributed by atoms with van der Waals surface area (Å²) in [6.45, 7) is 0. The van der Waals surface area contributed by atoms with Crippen LogP contribution in [0.15, 0.2) is 24.3 Å². The second-order valence-electron chi connectivity index (χ2n) is 10.2. The number of amides is 1. The van der Waals surface area contributed by atoms with Crippen LogP contribution in [0.2, 0.25) is 0 Å². The predicted octanol–water partition coefficient (Wildman–Crippen LogP) is 3.11. The maximum atomic E-state index is 13.2. The average molecular weight is 554 g/mol. The lowest BCUT2D eigenvalue weighted by Gasteiger charge is -2.42. The molecule has 1 saturated carbocycles. The van der Waals surface area contributed by atoms with Crippen molar-refractivity contribution in [2.45, 2.75) is 74.9 Å². The van der Waals surface area contributed by atoms with Gasteiger partial charge in [-0.1, -0.05) is 12.1 Å². The van der Waals surface area contributed by atoms with Gasteiger partial charge in [0.05, 0.1) is 24.9 Å². The summed E-state index contributed by atoms with van der Waals surface area (Å²) in [5.41, 5.74) is 7.38. The third kappa shape index (κ3) is 5.66. The normalized spacial score (nSPS) is 29.8. The number of ether oxygens (including phenoxy) is 1. The summed E-state index contributed by atoms with van der Waals surface area (Å²) >= 11 is 5.77. The number of para-hydroxylation sites is 2. The zero-order valence-electron chi connectivity index (χ0n) is 20.7. The highest BCUT2D eigenvalue weighted by molar-refractivity contribution is 7.80. The molecule has 9 nitrogen and oxygen atoms in total. The maximum absolute atomic E-state index is 13.2. The minimum absolute atomic E-state index is 0.0240. The quantitative estimate of drug-likeness (QED) is 0.481. The number of halogens is 3. The van der Waals surface area contributed by atoms with Gasteiger partial charge in [0, 0.05) is 18.1 Å². The Kier molecular flexibility index (Phi) is 8.04. The van der Waals surface area contributed by atoms with E-state index in [0.29, 0.717) is 11.0 Å². The van der Waals surface area contributed by atoms with Crippen molar-refractivity contribution in [2.24, 2.45) is 17.6 Å². The summed E-state index contributed by atoms with van der Waals surface area (Å²) in [7, 11) is 1.65. The van der Waals surface area contributed by atoms with Crippen molar-refractivity contribution in [3.8, 4) is 11.8 Å². The summed E-state index contributed by atoms with van der Waals surface area (Å²) < 4.78 is 37.2. The van der Waals surface area contributed by atoms with E-state index in [1.165, 1.54) is 0 Å². The first-order valence-corrected chi connectivity index (χ1v) is 12.9. The minimum atomic E-state index is -5.08. The highest BCUT2D eigenvalue weighted by Gasteiger charge is 2.56. The number of carbonyl (C=O) groups is 2. The molecule has 1 amide bonds. The number of benzene rings is 1. The van der Waals surface area contributed by atoms with Crippen LogP contribution >= 0.6 is 12.2 Å². The summed E-state index contributed by atoms with van der Waals surface area (Å²) in [6.07, 6.45) is 0.595. The number of carbonyl (C=O) groups excluding carboxylic acids is 1. The number of carboxylic acids is 1. The van der Waals surface area contributed by atoms with E-state index in [2.05, 4.69) is 16.3 Å². The van der Waals surface area contributed by atoms with Crippen LogP contribution in [-0.2, 0) is 9.59 Å². The standard InChI is InChI=1S/C23H29N5O2S.C2HF3O2/c1-30-20-5-3-2-4-18(20)26-23(31)27-15-6-7-16(27)10-14(9-15)21(25)22(29)28-17(12-24)8-13-11-19(13)28;3-2(4,5)1(6)7/h2-5,13-17,19,21H,6-11,25H2,1H3,(H,26,31);(H,6,7)/t13-,14?,15?,16?,17+,19+,21+;/m1./s1. The van der Waals surface area contributed by atoms with Gasteiger partial charge in [0.25, 0.3) is 0 Å². The molecule has 0 aromatic heterocycles. The van der Waals surface area contributed by atoms with E-state index in [9.17, 15) is 23.2 Å². The SMILES string of the molecule is COc1ccccc1NC(=S)N1C2CCC1CC([C@H](N)C(=O)N1[C@H](C#N)C[C@@H]3C[C@@H]31)C2.O=C(O)C(F)(F)F.